The SMILES string of the molecule is COc1ccc(N(C)c2ccc(C=NNc3ccccc3)cc2)cc1. The van der Waals surface area contributed by atoms with E-state index in [-0.39, 0.29) is 0 Å². The Labute approximate surface area is 148 Å². The quantitative estimate of drug-likeness (QED) is 0.515. The van der Waals surface area contributed by atoms with E-state index in [2.05, 4.69) is 27.6 Å². The summed E-state index contributed by atoms with van der Waals surface area (Å²) in [4.78, 5) is 2.13. The summed E-state index contributed by atoms with van der Waals surface area (Å²) < 4.78 is 5.20. The topological polar surface area (TPSA) is 36.9 Å². The number of ether oxygens (including phenoxy) is 1. The Kier molecular flexibility index (Phi) is 5.32. The van der Waals surface area contributed by atoms with E-state index in [4.69, 9.17) is 4.74 Å². The van der Waals surface area contributed by atoms with Crippen molar-refractivity contribution in [2.45, 2.75) is 0 Å². The van der Waals surface area contributed by atoms with E-state index in [1.807, 2.05) is 80.0 Å². The molecule has 0 bridgehead atoms. The molecule has 0 aliphatic rings. The first-order chi connectivity index (χ1) is 12.3. The van der Waals surface area contributed by atoms with Crippen molar-refractivity contribution in [3.05, 3.63) is 84.4 Å². The van der Waals surface area contributed by atoms with Crippen molar-refractivity contribution in [2.75, 3.05) is 24.5 Å². The van der Waals surface area contributed by atoms with Crippen LogP contribution in [0.5, 0.6) is 5.75 Å². The molecule has 0 atom stereocenters. The molecule has 0 fully saturated rings. The second-order valence-corrected chi connectivity index (χ2v) is 5.58. The summed E-state index contributed by atoms with van der Waals surface area (Å²) in [6.45, 7) is 0. The van der Waals surface area contributed by atoms with Crippen molar-refractivity contribution in [1.82, 2.24) is 0 Å². The van der Waals surface area contributed by atoms with Gasteiger partial charge in [0.1, 0.15) is 5.75 Å². The highest BCUT2D eigenvalue weighted by Gasteiger charge is 2.04. The normalized spacial score (nSPS) is 10.6. The minimum atomic E-state index is 0.856. The van der Waals surface area contributed by atoms with Crippen molar-refractivity contribution in [3.8, 4) is 5.75 Å². The van der Waals surface area contributed by atoms with Gasteiger partial charge in [0.2, 0.25) is 0 Å². The molecule has 0 saturated carbocycles. The van der Waals surface area contributed by atoms with Crippen molar-refractivity contribution in [1.29, 1.82) is 0 Å². The van der Waals surface area contributed by atoms with Crippen LogP contribution in [-0.4, -0.2) is 20.4 Å². The summed E-state index contributed by atoms with van der Waals surface area (Å²) in [5.41, 5.74) is 7.23. The molecule has 0 unspecified atom stereocenters. The molecule has 0 radical (unpaired) electrons. The molecule has 0 saturated heterocycles. The zero-order valence-corrected chi connectivity index (χ0v) is 14.4. The number of para-hydroxylation sites is 1. The molecule has 126 valence electrons. The lowest BCUT2D eigenvalue weighted by Gasteiger charge is -2.19. The van der Waals surface area contributed by atoms with Gasteiger partial charge >= 0.3 is 0 Å². The van der Waals surface area contributed by atoms with Crippen LogP contribution in [0, 0.1) is 0 Å². The van der Waals surface area contributed by atoms with E-state index in [9.17, 15) is 0 Å². The van der Waals surface area contributed by atoms with Gasteiger partial charge in [-0.1, -0.05) is 30.3 Å². The van der Waals surface area contributed by atoms with Crippen LogP contribution in [0.4, 0.5) is 17.1 Å². The molecule has 0 aliphatic heterocycles. The molecule has 3 aromatic rings. The molecule has 0 spiro atoms. The lowest BCUT2D eigenvalue weighted by atomic mass is 10.2. The third-order valence-corrected chi connectivity index (χ3v) is 3.92. The number of hydrazone groups is 1. The highest BCUT2D eigenvalue weighted by molar-refractivity contribution is 5.81. The Bertz CT molecular complexity index is 812. The molecule has 4 heteroatoms. The minimum absolute atomic E-state index is 0.856. The fourth-order valence-electron chi connectivity index (χ4n) is 2.43. The molecule has 3 aromatic carbocycles. The summed E-state index contributed by atoms with van der Waals surface area (Å²) in [7, 11) is 3.72. The summed E-state index contributed by atoms with van der Waals surface area (Å²) in [5, 5.41) is 4.26. The van der Waals surface area contributed by atoms with E-state index in [1.165, 1.54) is 0 Å². The van der Waals surface area contributed by atoms with Crippen LogP contribution in [0.2, 0.25) is 0 Å². The number of benzene rings is 3. The van der Waals surface area contributed by atoms with Crippen LogP contribution >= 0.6 is 0 Å². The summed E-state index contributed by atoms with van der Waals surface area (Å²) in [5.74, 6) is 0.856. The smallest absolute Gasteiger partial charge is 0.119 e. The van der Waals surface area contributed by atoms with Gasteiger partial charge in [-0.05, 0) is 54.1 Å². The van der Waals surface area contributed by atoms with Gasteiger partial charge in [0.15, 0.2) is 0 Å². The standard InChI is InChI=1S/C21H21N3O/c1-24(20-12-14-21(25-2)15-13-20)19-10-8-17(9-11-19)16-22-23-18-6-4-3-5-7-18/h3-16,23H,1-2H3. The minimum Gasteiger partial charge on any atom is -0.497 e. The highest BCUT2D eigenvalue weighted by atomic mass is 16.5. The zero-order chi connectivity index (χ0) is 17.5. The van der Waals surface area contributed by atoms with Crippen LogP contribution in [0.3, 0.4) is 0 Å². The average Bonchev–Trinajstić information content (AvgIpc) is 2.69. The monoisotopic (exact) mass is 331 g/mol. The fourth-order valence-corrected chi connectivity index (χ4v) is 2.43. The molecule has 0 aliphatic carbocycles. The van der Waals surface area contributed by atoms with Gasteiger partial charge in [-0.3, -0.25) is 5.43 Å². The summed E-state index contributed by atoms with van der Waals surface area (Å²) >= 11 is 0. The summed E-state index contributed by atoms with van der Waals surface area (Å²) in [6.07, 6.45) is 1.81. The number of hydrogen-bond acceptors (Lipinski definition) is 4. The van der Waals surface area contributed by atoms with E-state index >= 15 is 0 Å². The number of hydrogen-bond donors (Lipinski definition) is 1. The third kappa shape index (κ3) is 4.38. The van der Waals surface area contributed by atoms with Crippen LogP contribution in [0.1, 0.15) is 5.56 Å². The van der Waals surface area contributed by atoms with Gasteiger partial charge in [-0.15, -0.1) is 0 Å². The molecule has 25 heavy (non-hydrogen) atoms. The first-order valence-electron chi connectivity index (χ1n) is 8.08. The first kappa shape index (κ1) is 16.6. The van der Waals surface area contributed by atoms with Gasteiger partial charge in [0.05, 0.1) is 19.0 Å². The van der Waals surface area contributed by atoms with Gasteiger partial charge in [0.25, 0.3) is 0 Å². The number of nitrogens with zero attached hydrogens (tertiary/aromatic N) is 2. The Balaban J connectivity index is 1.64. The van der Waals surface area contributed by atoms with Crippen molar-refractivity contribution < 1.29 is 4.74 Å². The van der Waals surface area contributed by atoms with Crippen LogP contribution in [0.25, 0.3) is 0 Å². The Morgan fingerprint density at radius 3 is 2.04 bits per heavy atom. The molecule has 0 heterocycles. The Hall–Kier alpha value is -3.27. The maximum atomic E-state index is 5.20. The predicted molar refractivity (Wildman–Crippen MR) is 105 cm³/mol. The first-order valence-corrected chi connectivity index (χ1v) is 8.08. The molecular weight excluding hydrogens is 310 g/mol. The lowest BCUT2D eigenvalue weighted by Crippen LogP contribution is -2.09. The largest absolute Gasteiger partial charge is 0.497 e. The number of methoxy groups -OCH3 is 1. The van der Waals surface area contributed by atoms with Crippen LogP contribution in [0.15, 0.2) is 84.0 Å². The Morgan fingerprint density at radius 2 is 1.44 bits per heavy atom. The maximum Gasteiger partial charge on any atom is 0.119 e. The molecule has 0 amide bonds. The molecule has 0 aromatic heterocycles. The van der Waals surface area contributed by atoms with Gasteiger partial charge < -0.3 is 9.64 Å². The van der Waals surface area contributed by atoms with Crippen molar-refractivity contribution in [2.24, 2.45) is 5.10 Å². The maximum absolute atomic E-state index is 5.20. The second kappa shape index (κ2) is 8.02. The number of nitrogens with one attached hydrogen (secondary N) is 1. The van der Waals surface area contributed by atoms with Crippen LogP contribution < -0.4 is 15.1 Å². The number of anilines is 3. The average molecular weight is 331 g/mol. The zero-order valence-electron chi connectivity index (χ0n) is 14.4. The molecule has 3 rings (SSSR count). The van der Waals surface area contributed by atoms with Gasteiger partial charge in [-0.25, -0.2) is 0 Å². The van der Waals surface area contributed by atoms with Gasteiger partial charge in [0, 0.05) is 18.4 Å². The molecular formula is C21H21N3O. The molecule has 4 nitrogen and oxygen atoms in total. The van der Waals surface area contributed by atoms with E-state index < -0.39 is 0 Å². The highest BCUT2D eigenvalue weighted by Crippen LogP contribution is 2.25. The van der Waals surface area contributed by atoms with E-state index in [0.717, 1.165) is 28.4 Å². The number of rotatable bonds is 6. The fraction of sp³-hybridized carbons (Fsp3) is 0.0952. The second-order valence-electron chi connectivity index (χ2n) is 5.58. The van der Waals surface area contributed by atoms with Crippen molar-refractivity contribution >= 4 is 23.3 Å². The van der Waals surface area contributed by atoms with Crippen molar-refractivity contribution in [3.63, 3.8) is 0 Å². The van der Waals surface area contributed by atoms with E-state index in [0.29, 0.717) is 0 Å². The van der Waals surface area contributed by atoms with Gasteiger partial charge in [-0.2, -0.15) is 5.10 Å². The third-order valence-electron chi connectivity index (χ3n) is 3.92. The van der Waals surface area contributed by atoms with E-state index in [1.54, 1.807) is 7.11 Å². The van der Waals surface area contributed by atoms with Crippen LogP contribution in [-0.2, 0) is 0 Å². The molecule has 1 N–H and O–H groups in total. The lowest BCUT2D eigenvalue weighted by molar-refractivity contribution is 0.415. The summed E-state index contributed by atoms with van der Waals surface area (Å²) in [6, 6.07) is 26.1. The Morgan fingerprint density at radius 1 is 0.840 bits per heavy atom. The predicted octanol–water partition coefficient (Wildman–Crippen LogP) is 4.91.